The topological polar surface area (TPSA) is 70.1 Å². The molecule has 1 atom stereocenters. The number of benzene rings is 2. The van der Waals surface area contributed by atoms with Crippen LogP contribution >= 0.6 is 0 Å². The fourth-order valence-electron chi connectivity index (χ4n) is 4.38. The second kappa shape index (κ2) is 10.9. The van der Waals surface area contributed by atoms with Crippen molar-refractivity contribution in [1.29, 1.82) is 0 Å². The van der Waals surface area contributed by atoms with Gasteiger partial charge in [0.1, 0.15) is 11.5 Å². The van der Waals surface area contributed by atoms with Crippen LogP contribution in [0.1, 0.15) is 61.4 Å². The summed E-state index contributed by atoms with van der Waals surface area (Å²) < 4.78 is 5.56. The molecule has 1 amide bonds. The Bertz CT molecular complexity index is 1070. The summed E-state index contributed by atoms with van der Waals surface area (Å²) in [6.45, 7) is 9.77. The number of carbonyl (C=O) groups excluding carboxylic acids is 2. The first-order valence-corrected chi connectivity index (χ1v) is 11.9. The number of Topliss-reactive ketones (excluding diaryl/α,β-unsaturated/α-hetero) is 1. The quantitative estimate of drug-likeness (QED) is 0.325. The summed E-state index contributed by atoms with van der Waals surface area (Å²) in [5.41, 5.74) is 3.43. The number of aliphatic hydroxyl groups excluding tert-OH is 1. The molecule has 2 aromatic carbocycles. The SMILES string of the molecule is CCOc1ccc(/C(O)=C2/C(=O)C(=O)N(CCCN(C)C)C2c2ccc(C(C)C)cc2)c(C)c1. The molecule has 0 spiro atoms. The Hall–Kier alpha value is -3.12. The maximum absolute atomic E-state index is 13.2. The van der Waals surface area contributed by atoms with E-state index < -0.39 is 17.7 Å². The first-order chi connectivity index (χ1) is 16.1. The molecule has 1 N–H and O–H groups in total. The van der Waals surface area contributed by atoms with Gasteiger partial charge in [-0.05, 0) is 81.7 Å². The van der Waals surface area contributed by atoms with E-state index in [4.69, 9.17) is 4.74 Å². The van der Waals surface area contributed by atoms with E-state index in [1.165, 1.54) is 5.56 Å². The molecule has 0 saturated carbocycles. The van der Waals surface area contributed by atoms with Gasteiger partial charge < -0.3 is 19.6 Å². The van der Waals surface area contributed by atoms with Crippen molar-refractivity contribution in [2.24, 2.45) is 0 Å². The number of hydrogen-bond donors (Lipinski definition) is 1. The molecule has 0 bridgehead atoms. The van der Waals surface area contributed by atoms with Crippen LogP contribution in [0.4, 0.5) is 0 Å². The van der Waals surface area contributed by atoms with E-state index in [2.05, 4.69) is 13.8 Å². The van der Waals surface area contributed by atoms with Gasteiger partial charge in [-0.2, -0.15) is 0 Å². The Balaban J connectivity index is 2.10. The Kier molecular flexibility index (Phi) is 8.15. The number of ether oxygens (including phenoxy) is 1. The van der Waals surface area contributed by atoms with Gasteiger partial charge in [0.05, 0.1) is 18.2 Å². The van der Waals surface area contributed by atoms with E-state index in [-0.39, 0.29) is 11.3 Å². The smallest absolute Gasteiger partial charge is 0.295 e. The summed E-state index contributed by atoms with van der Waals surface area (Å²) in [4.78, 5) is 30.0. The van der Waals surface area contributed by atoms with Gasteiger partial charge in [-0.15, -0.1) is 0 Å². The predicted molar refractivity (Wildman–Crippen MR) is 135 cm³/mol. The normalized spacial score (nSPS) is 17.8. The second-order valence-electron chi connectivity index (χ2n) is 9.38. The lowest BCUT2D eigenvalue weighted by Gasteiger charge is -2.26. The highest BCUT2D eigenvalue weighted by atomic mass is 16.5. The van der Waals surface area contributed by atoms with Crippen LogP contribution in [0.3, 0.4) is 0 Å². The minimum absolute atomic E-state index is 0.138. The Morgan fingerprint density at radius 1 is 1.12 bits per heavy atom. The molecular weight excluding hydrogens is 428 g/mol. The molecule has 182 valence electrons. The second-order valence-corrected chi connectivity index (χ2v) is 9.38. The van der Waals surface area contributed by atoms with E-state index in [1.54, 1.807) is 17.0 Å². The predicted octanol–water partition coefficient (Wildman–Crippen LogP) is 4.89. The number of aryl methyl sites for hydroxylation is 1. The van der Waals surface area contributed by atoms with Crippen LogP contribution in [0, 0.1) is 6.92 Å². The van der Waals surface area contributed by atoms with Gasteiger partial charge in [-0.1, -0.05) is 38.1 Å². The van der Waals surface area contributed by atoms with Crippen molar-refractivity contribution in [3.63, 3.8) is 0 Å². The third-order valence-electron chi connectivity index (χ3n) is 6.23. The van der Waals surface area contributed by atoms with E-state index >= 15 is 0 Å². The number of likely N-dealkylation sites (tertiary alicyclic amines) is 1. The van der Waals surface area contributed by atoms with Crippen molar-refractivity contribution in [3.05, 3.63) is 70.3 Å². The van der Waals surface area contributed by atoms with E-state index in [1.807, 2.05) is 63.2 Å². The molecule has 1 saturated heterocycles. The summed E-state index contributed by atoms with van der Waals surface area (Å²) >= 11 is 0. The number of aliphatic hydroxyl groups is 1. The van der Waals surface area contributed by atoms with Gasteiger partial charge in [0.2, 0.25) is 0 Å². The van der Waals surface area contributed by atoms with Crippen LogP contribution in [0.5, 0.6) is 5.75 Å². The number of rotatable bonds is 9. The number of ketones is 1. The van der Waals surface area contributed by atoms with Crippen molar-refractivity contribution >= 4 is 17.4 Å². The third-order valence-corrected chi connectivity index (χ3v) is 6.23. The first-order valence-electron chi connectivity index (χ1n) is 11.9. The average Bonchev–Trinajstić information content (AvgIpc) is 3.04. The molecule has 1 aliphatic heterocycles. The first kappa shape index (κ1) is 25.5. The highest BCUT2D eigenvalue weighted by molar-refractivity contribution is 6.46. The average molecular weight is 465 g/mol. The van der Waals surface area contributed by atoms with Crippen LogP contribution < -0.4 is 4.74 Å². The summed E-state index contributed by atoms with van der Waals surface area (Å²) in [5, 5.41) is 11.3. The summed E-state index contributed by atoms with van der Waals surface area (Å²) in [6, 6.07) is 12.7. The molecule has 6 heteroatoms. The van der Waals surface area contributed by atoms with Crippen LogP contribution in [-0.2, 0) is 9.59 Å². The monoisotopic (exact) mass is 464 g/mol. The van der Waals surface area contributed by atoms with Crippen LogP contribution in [0.15, 0.2) is 48.0 Å². The summed E-state index contributed by atoms with van der Waals surface area (Å²) in [5.74, 6) is -0.295. The summed E-state index contributed by atoms with van der Waals surface area (Å²) in [6.07, 6.45) is 0.725. The van der Waals surface area contributed by atoms with Crippen LogP contribution in [0.25, 0.3) is 5.76 Å². The van der Waals surface area contributed by atoms with Gasteiger partial charge in [0.15, 0.2) is 0 Å². The zero-order valence-corrected chi connectivity index (χ0v) is 21.1. The molecule has 3 rings (SSSR count). The minimum atomic E-state index is -0.645. The fraction of sp³-hybridized carbons (Fsp3) is 0.429. The number of nitrogens with zero attached hydrogens (tertiary/aromatic N) is 2. The molecule has 1 fully saturated rings. The lowest BCUT2D eigenvalue weighted by Crippen LogP contribution is -2.32. The molecule has 2 aromatic rings. The maximum Gasteiger partial charge on any atom is 0.295 e. The molecule has 6 nitrogen and oxygen atoms in total. The standard InChI is InChI=1S/C28H36N2O4/c1-7-34-22-13-14-23(19(4)17-22)26(31)24-25(21-11-9-20(10-12-21)18(2)3)30(28(33)27(24)32)16-8-15-29(5)6/h9-14,17-18,25,31H,7-8,15-16H2,1-6H3/b26-24-. The van der Waals surface area contributed by atoms with Gasteiger partial charge >= 0.3 is 0 Å². The largest absolute Gasteiger partial charge is 0.507 e. The molecular formula is C28H36N2O4. The lowest BCUT2D eigenvalue weighted by molar-refractivity contribution is -0.139. The summed E-state index contributed by atoms with van der Waals surface area (Å²) in [7, 11) is 3.95. The Morgan fingerprint density at radius 3 is 2.35 bits per heavy atom. The Morgan fingerprint density at radius 2 is 1.79 bits per heavy atom. The number of hydrogen-bond acceptors (Lipinski definition) is 5. The van der Waals surface area contributed by atoms with Crippen molar-refractivity contribution in [1.82, 2.24) is 9.80 Å². The number of amides is 1. The Labute approximate surface area is 202 Å². The van der Waals surface area contributed by atoms with Crippen molar-refractivity contribution < 1.29 is 19.4 Å². The maximum atomic E-state index is 13.2. The van der Waals surface area contributed by atoms with Crippen LogP contribution in [0.2, 0.25) is 0 Å². The van der Waals surface area contributed by atoms with Gasteiger partial charge in [0.25, 0.3) is 11.7 Å². The molecule has 0 radical (unpaired) electrons. The molecule has 1 heterocycles. The molecule has 1 unspecified atom stereocenters. The third kappa shape index (κ3) is 5.33. The minimum Gasteiger partial charge on any atom is -0.507 e. The zero-order chi connectivity index (χ0) is 25.0. The van der Waals surface area contributed by atoms with Gasteiger partial charge in [0, 0.05) is 12.1 Å². The molecule has 0 aliphatic carbocycles. The molecule has 0 aromatic heterocycles. The van der Waals surface area contributed by atoms with E-state index in [9.17, 15) is 14.7 Å². The van der Waals surface area contributed by atoms with Crippen molar-refractivity contribution in [2.75, 3.05) is 33.8 Å². The van der Waals surface area contributed by atoms with Crippen molar-refractivity contribution in [3.8, 4) is 5.75 Å². The van der Waals surface area contributed by atoms with Gasteiger partial charge in [-0.3, -0.25) is 9.59 Å². The highest BCUT2D eigenvalue weighted by Gasteiger charge is 2.45. The lowest BCUT2D eigenvalue weighted by atomic mass is 9.92. The number of carbonyl (C=O) groups is 2. The molecule has 34 heavy (non-hydrogen) atoms. The van der Waals surface area contributed by atoms with E-state index in [0.29, 0.717) is 30.4 Å². The fourth-order valence-corrected chi connectivity index (χ4v) is 4.38. The van der Waals surface area contributed by atoms with Gasteiger partial charge in [-0.25, -0.2) is 0 Å². The zero-order valence-electron chi connectivity index (χ0n) is 21.1. The molecule has 1 aliphatic rings. The van der Waals surface area contributed by atoms with E-state index in [0.717, 1.165) is 24.1 Å². The highest BCUT2D eigenvalue weighted by Crippen LogP contribution is 2.40. The van der Waals surface area contributed by atoms with Crippen LogP contribution in [-0.4, -0.2) is 60.4 Å². The van der Waals surface area contributed by atoms with Crippen molar-refractivity contribution in [2.45, 2.75) is 46.1 Å².